The fraction of sp³-hybridized carbons (Fsp3) is 0.375. The largest absolute Gasteiger partial charge is 0.330 e. The molecule has 1 heterocycles. The van der Waals surface area contributed by atoms with Gasteiger partial charge in [0.05, 0.1) is 10.9 Å². The topological polar surface area (TPSA) is 60.9 Å². The molecular weight excluding hydrogens is 410 g/mol. The molecule has 1 aliphatic heterocycles. The summed E-state index contributed by atoms with van der Waals surface area (Å²) in [5.74, 6) is -0.0400. The highest BCUT2D eigenvalue weighted by Gasteiger charge is 2.29. The molecule has 2 aromatic carbocycles. The Hall–Kier alpha value is -2.48. The minimum absolute atomic E-state index is 0.0127. The van der Waals surface area contributed by atoms with E-state index < -0.39 is 10.0 Å². The van der Waals surface area contributed by atoms with Crippen molar-refractivity contribution in [2.45, 2.75) is 24.8 Å². The maximum atomic E-state index is 13.0. The molecule has 0 aromatic heterocycles. The van der Waals surface area contributed by atoms with Gasteiger partial charge in [-0.1, -0.05) is 56.3 Å². The van der Waals surface area contributed by atoms with Gasteiger partial charge in [-0.25, -0.2) is 8.42 Å². The number of piperazine rings is 1. The summed E-state index contributed by atoms with van der Waals surface area (Å²) in [6.07, 6.45) is 3.33. The maximum absolute atomic E-state index is 13.0. The molecule has 1 fully saturated rings. The Morgan fingerprint density at radius 3 is 2.29 bits per heavy atom. The first-order chi connectivity index (χ1) is 14.9. The lowest BCUT2D eigenvalue weighted by Crippen LogP contribution is -2.48. The van der Waals surface area contributed by atoms with Crippen LogP contribution in [0, 0.1) is 0 Å². The van der Waals surface area contributed by atoms with Gasteiger partial charge in [-0.05, 0) is 36.4 Å². The average Bonchev–Trinajstić information content (AvgIpc) is 2.79. The second-order valence-electron chi connectivity index (χ2n) is 7.71. The Bertz CT molecular complexity index is 1000. The lowest BCUT2D eigenvalue weighted by molar-refractivity contribution is -0.130. The first-order valence-corrected chi connectivity index (χ1v) is 12.1. The summed E-state index contributed by atoms with van der Waals surface area (Å²) in [7, 11) is -1.41. The van der Waals surface area contributed by atoms with E-state index in [1.165, 1.54) is 4.31 Å². The summed E-state index contributed by atoms with van der Waals surface area (Å²) in [6.45, 7) is 6.81. The van der Waals surface area contributed by atoms with Crippen LogP contribution in [-0.2, 0) is 14.8 Å². The second kappa shape index (κ2) is 10.2. The van der Waals surface area contributed by atoms with Crippen LogP contribution < -0.4 is 0 Å². The summed E-state index contributed by atoms with van der Waals surface area (Å²) in [5.41, 5.74) is 1.92. The molecule has 1 amide bonds. The van der Waals surface area contributed by atoms with E-state index in [-0.39, 0.29) is 16.8 Å². The number of hydrogen-bond donors (Lipinski definition) is 0. The van der Waals surface area contributed by atoms with E-state index in [1.807, 2.05) is 36.9 Å². The molecule has 0 radical (unpaired) electrons. The third-order valence-electron chi connectivity index (χ3n) is 5.69. The predicted molar refractivity (Wildman–Crippen MR) is 124 cm³/mol. The number of sulfonamides is 1. The van der Waals surface area contributed by atoms with Crippen molar-refractivity contribution in [3.8, 4) is 0 Å². The van der Waals surface area contributed by atoms with Crippen molar-refractivity contribution in [2.24, 2.45) is 0 Å². The third-order valence-corrected chi connectivity index (χ3v) is 7.76. The Balaban J connectivity index is 1.74. The van der Waals surface area contributed by atoms with E-state index in [9.17, 15) is 13.2 Å². The monoisotopic (exact) mass is 441 g/mol. The molecule has 1 unspecified atom stereocenters. The van der Waals surface area contributed by atoms with Crippen LogP contribution in [0.1, 0.15) is 31.0 Å². The average molecular weight is 442 g/mol. The predicted octanol–water partition coefficient (Wildman–Crippen LogP) is 3.25. The molecule has 0 bridgehead atoms. The molecule has 2 aromatic rings. The van der Waals surface area contributed by atoms with E-state index in [1.54, 1.807) is 36.4 Å². The standard InChI is InChI=1S/C24H31N3O3S/c1-4-26(5-2)31(29,30)22-14-11-20(12-15-22)13-16-24(28)27-18-17-25(3)19-23(27)21-9-7-6-8-10-21/h6-16,23H,4-5,17-19H2,1-3H3/b16-13+. The van der Waals surface area contributed by atoms with Crippen molar-refractivity contribution in [1.82, 2.24) is 14.1 Å². The van der Waals surface area contributed by atoms with Gasteiger partial charge in [0.25, 0.3) is 0 Å². The van der Waals surface area contributed by atoms with E-state index in [2.05, 4.69) is 24.1 Å². The van der Waals surface area contributed by atoms with Gasteiger partial charge < -0.3 is 9.80 Å². The fourth-order valence-corrected chi connectivity index (χ4v) is 5.33. The van der Waals surface area contributed by atoms with Crippen molar-refractivity contribution in [2.75, 3.05) is 39.8 Å². The number of amides is 1. The van der Waals surface area contributed by atoms with Crippen LogP contribution in [-0.4, -0.2) is 68.2 Å². The number of hydrogen-bond acceptors (Lipinski definition) is 4. The van der Waals surface area contributed by atoms with Crippen LogP contribution in [0.15, 0.2) is 65.6 Å². The number of carbonyl (C=O) groups is 1. The highest BCUT2D eigenvalue weighted by molar-refractivity contribution is 7.89. The van der Waals surface area contributed by atoms with Crippen molar-refractivity contribution < 1.29 is 13.2 Å². The number of rotatable bonds is 7. The minimum atomic E-state index is -3.48. The molecule has 166 valence electrons. The van der Waals surface area contributed by atoms with Gasteiger partial charge in [0.1, 0.15) is 0 Å². The van der Waals surface area contributed by atoms with Gasteiger partial charge in [-0.15, -0.1) is 0 Å². The molecule has 0 N–H and O–H groups in total. The van der Waals surface area contributed by atoms with Crippen molar-refractivity contribution in [3.63, 3.8) is 0 Å². The zero-order chi connectivity index (χ0) is 22.4. The van der Waals surface area contributed by atoms with Crippen molar-refractivity contribution in [1.29, 1.82) is 0 Å². The van der Waals surface area contributed by atoms with E-state index in [4.69, 9.17) is 0 Å². The van der Waals surface area contributed by atoms with Crippen LogP contribution in [0.3, 0.4) is 0 Å². The molecule has 0 saturated carbocycles. The zero-order valence-electron chi connectivity index (χ0n) is 18.4. The summed E-state index contributed by atoms with van der Waals surface area (Å²) >= 11 is 0. The first-order valence-electron chi connectivity index (χ1n) is 10.7. The van der Waals surface area contributed by atoms with Gasteiger partial charge in [0, 0.05) is 38.8 Å². The van der Waals surface area contributed by atoms with Gasteiger partial charge >= 0.3 is 0 Å². The summed E-state index contributed by atoms with van der Waals surface area (Å²) in [4.78, 5) is 17.4. The highest BCUT2D eigenvalue weighted by atomic mass is 32.2. The van der Waals surface area contributed by atoms with Crippen LogP contribution in [0.5, 0.6) is 0 Å². The van der Waals surface area contributed by atoms with Gasteiger partial charge in [0.2, 0.25) is 15.9 Å². The smallest absolute Gasteiger partial charge is 0.247 e. The minimum Gasteiger partial charge on any atom is -0.330 e. The number of likely N-dealkylation sites (N-methyl/N-ethyl adjacent to an activating group) is 1. The molecule has 1 aliphatic rings. The normalized spacial score (nSPS) is 18.1. The highest BCUT2D eigenvalue weighted by Crippen LogP contribution is 2.25. The SMILES string of the molecule is CCN(CC)S(=O)(=O)c1ccc(/C=C/C(=O)N2CCN(C)CC2c2ccccc2)cc1. The lowest BCUT2D eigenvalue weighted by Gasteiger charge is -2.40. The second-order valence-corrected chi connectivity index (χ2v) is 9.65. The maximum Gasteiger partial charge on any atom is 0.247 e. The third kappa shape index (κ3) is 5.42. The molecule has 6 nitrogen and oxygen atoms in total. The van der Waals surface area contributed by atoms with Gasteiger partial charge in [-0.3, -0.25) is 4.79 Å². The van der Waals surface area contributed by atoms with Crippen LogP contribution in [0.2, 0.25) is 0 Å². The molecular formula is C24H31N3O3S. The number of nitrogens with zero attached hydrogens (tertiary/aromatic N) is 3. The van der Waals surface area contributed by atoms with Crippen LogP contribution >= 0.6 is 0 Å². The van der Waals surface area contributed by atoms with E-state index in [0.29, 0.717) is 19.6 Å². The molecule has 31 heavy (non-hydrogen) atoms. The summed E-state index contributed by atoms with van der Waals surface area (Å²) < 4.78 is 26.7. The molecule has 1 atom stereocenters. The van der Waals surface area contributed by atoms with Gasteiger partial charge in [-0.2, -0.15) is 4.31 Å². The quantitative estimate of drug-likeness (QED) is 0.619. The van der Waals surface area contributed by atoms with Gasteiger partial charge in [0.15, 0.2) is 0 Å². The summed E-state index contributed by atoms with van der Waals surface area (Å²) in [6, 6.07) is 16.8. The molecule has 1 saturated heterocycles. The Morgan fingerprint density at radius 1 is 1.03 bits per heavy atom. The Morgan fingerprint density at radius 2 is 1.68 bits per heavy atom. The molecule has 7 heteroatoms. The zero-order valence-corrected chi connectivity index (χ0v) is 19.3. The molecule has 0 aliphatic carbocycles. The van der Waals surface area contributed by atoms with E-state index >= 15 is 0 Å². The van der Waals surface area contributed by atoms with Crippen molar-refractivity contribution >= 4 is 22.0 Å². The number of carbonyl (C=O) groups excluding carboxylic acids is 1. The Labute approximate surface area is 185 Å². The summed E-state index contributed by atoms with van der Waals surface area (Å²) in [5, 5.41) is 0. The van der Waals surface area contributed by atoms with Crippen LogP contribution in [0.25, 0.3) is 6.08 Å². The molecule has 0 spiro atoms. The molecule has 3 rings (SSSR count). The number of benzene rings is 2. The van der Waals surface area contributed by atoms with E-state index in [0.717, 1.165) is 24.2 Å². The fourth-order valence-electron chi connectivity index (χ4n) is 3.87. The first kappa shape index (κ1) is 23.2. The Kier molecular flexibility index (Phi) is 7.64. The van der Waals surface area contributed by atoms with Crippen molar-refractivity contribution in [3.05, 3.63) is 71.8 Å². The lowest BCUT2D eigenvalue weighted by atomic mass is 10.0. The van der Waals surface area contributed by atoms with Crippen LogP contribution in [0.4, 0.5) is 0 Å².